The number of halogens is 2. The molecule has 2 N–H and O–H groups in total. The van der Waals surface area contributed by atoms with E-state index in [2.05, 4.69) is 42.5 Å². The first kappa shape index (κ1) is 16.7. The van der Waals surface area contributed by atoms with Gasteiger partial charge in [-0.15, -0.1) is 0 Å². The van der Waals surface area contributed by atoms with Gasteiger partial charge < -0.3 is 10.6 Å². The van der Waals surface area contributed by atoms with Crippen molar-refractivity contribution >= 4 is 49.4 Å². The van der Waals surface area contributed by atoms with Gasteiger partial charge in [-0.2, -0.15) is 0 Å². The van der Waals surface area contributed by atoms with Crippen molar-refractivity contribution in [2.75, 3.05) is 11.9 Å². The molecule has 0 bridgehead atoms. The fourth-order valence-electron chi connectivity index (χ4n) is 1.83. The van der Waals surface area contributed by atoms with Crippen LogP contribution in [0.2, 0.25) is 0 Å². The number of carbonyl (C=O) groups excluding carboxylic acids is 2. The maximum atomic E-state index is 11.9. The molecule has 0 heterocycles. The average molecular weight is 426 g/mol. The van der Waals surface area contributed by atoms with Gasteiger partial charge in [0.1, 0.15) is 0 Å². The van der Waals surface area contributed by atoms with E-state index in [9.17, 15) is 9.59 Å². The SMILES string of the molecule is Cc1cc(Br)ccc1NC(=O)CNC(=O)c1ccc(Br)cc1. The van der Waals surface area contributed by atoms with Gasteiger partial charge in [0.05, 0.1) is 6.54 Å². The predicted octanol–water partition coefficient (Wildman–Crippen LogP) is 3.89. The number of rotatable bonds is 4. The molecule has 0 aliphatic rings. The summed E-state index contributed by atoms with van der Waals surface area (Å²) >= 11 is 6.68. The molecule has 0 saturated carbocycles. The lowest BCUT2D eigenvalue weighted by Gasteiger charge is -2.09. The second-order valence-corrected chi connectivity index (χ2v) is 6.53. The first-order valence-corrected chi connectivity index (χ1v) is 8.14. The monoisotopic (exact) mass is 424 g/mol. The number of amides is 2. The van der Waals surface area contributed by atoms with Gasteiger partial charge >= 0.3 is 0 Å². The van der Waals surface area contributed by atoms with Crippen molar-refractivity contribution in [1.82, 2.24) is 5.32 Å². The van der Waals surface area contributed by atoms with E-state index >= 15 is 0 Å². The molecule has 2 rings (SSSR count). The topological polar surface area (TPSA) is 58.2 Å². The molecule has 0 saturated heterocycles. The van der Waals surface area contributed by atoms with E-state index in [-0.39, 0.29) is 18.4 Å². The van der Waals surface area contributed by atoms with Crippen LogP contribution in [0.4, 0.5) is 5.69 Å². The smallest absolute Gasteiger partial charge is 0.251 e. The van der Waals surface area contributed by atoms with Crippen LogP contribution in [0.1, 0.15) is 15.9 Å². The summed E-state index contributed by atoms with van der Waals surface area (Å²) in [7, 11) is 0. The summed E-state index contributed by atoms with van der Waals surface area (Å²) in [6.45, 7) is 1.82. The number of carbonyl (C=O) groups is 2. The summed E-state index contributed by atoms with van der Waals surface area (Å²) in [5.41, 5.74) is 2.18. The molecule has 2 amide bonds. The highest BCUT2D eigenvalue weighted by molar-refractivity contribution is 9.10. The Morgan fingerprint density at radius 1 is 1.00 bits per heavy atom. The Bertz CT molecular complexity index is 700. The third-order valence-corrected chi connectivity index (χ3v) is 4.00. The zero-order valence-electron chi connectivity index (χ0n) is 11.8. The summed E-state index contributed by atoms with van der Waals surface area (Å²) in [6, 6.07) is 12.5. The zero-order valence-corrected chi connectivity index (χ0v) is 15.0. The van der Waals surface area contributed by atoms with Gasteiger partial charge in [-0.05, 0) is 55.0 Å². The van der Waals surface area contributed by atoms with Crippen LogP contribution in [0.25, 0.3) is 0 Å². The number of benzene rings is 2. The molecule has 6 heteroatoms. The van der Waals surface area contributed by atoms with Crippen molar-refractivity contribution in [1.29, 1.82) is 0 Å². The molecule has 0 radical (unpaired) electrons. The van der Waals surface area contributed by atoms with Crippen molar-refractivity contribution in [3.8, 4) is 0 Å². The van der Waals surface area contributed by atoms with Gasteiger partial charge in [0, 0.05) is 20.2 Å². The molecule has 0 atom stereocenters. The Morgan fingerprint density at radius 3 is 2.27 bits per heavy atom. The normalized spacial score (nSPS) is 10.1. The highest BCUT2D eigenvalue weighted by Crippen LogP contribution is 2.19. The van der Waals surface area contributed by atoms with Gasteiger partial charge in [-0.3, -0.25) is 9.59 Å². The van der Waals surface area contributed by atoms with Crippen LogP contribution in [0.3, 0.4) is 0 Å². The Kier molecular flexibility index (Phi) is 5.74. The molecular formula is C16H14Br2N2O2. The minimum absolute atomic E-state index is 0.0790. The summed E-state index contributed by atoms with van der Waals surface area (Å²) in [4.78, 5) is 23.8. The minimum Gasteiger partial charge on any atom is -0.343 e. The van der Waals surface area contributed by atoms with E-state index in [1.807, 2.05) is 25.1 Å². The van der Waals surface area contributed by atoms with Crippen molar-refractivity contribution in [3.05, 3.63) is 62.5 Å². The van der Waals surface area contributed by atoms with Crippen LogP contribution in [0.5, 0.6) is 0 Å². The van der Waals surface area contributed by atoms with Crippen molar-refractivity contribution in [3.63, 3.8) is 0 Å². The van der Waals surface area contributed by atoms with Crippen LogP contribution in [0.15, 0.2) is 51.4 Å². The lowest BCUT2D eigenvalue weighted by Crippen LogP contribution is -2.32. The molecule has 0 aliphatic carbocycles. The van der Waals surface area contributed by atoms with E-state index in [1.54, 1.807) is 24.3 Å². The molecular weight excluding hydrogens is 412 g/mol. The number of hydrogen-bond donors (Lipinski definition) is 2. The quantitative estimate of drug-likeness (QED) is 0.780. The Labute approximate surface area is 145 Å². The van der Waals surface area contributed by atoms with Crippen LogP contribution in [0, 0.1) is 6.92 Å². The fraction of sp³-hybridized carbons (Fsp3) is 0.125. The van der Waals surface area contributed by atoms with Gasteiger partial charge in [0.25, 0.3) is 5.91 Å². The maximum absolute atomic E-state index is 11.9. The molecule has 0 fully saturated rings. The molecule has 2 aromatic carbocycles. The standard InChI is InChI=1S/C16H14Br2N2O2/c1-10-8-13(18)6-7-14(10)20-15(21)9-19-16(22)11-2-4-12(17)5-3-11/h2-8H,9H2,1H3,(H,19,22)(H,20,21). The predicted molar refractivity (Wildman–Crippen MR) is 94.0 cm³/mol. The summed E-state index contributed by atoms with van der Waals surface area (Å²) in [6.07, 6.45) is 0. The third kappa shape index (κ3) is 4.68. The van der Waals surface area contributed by atoms with Gasteiger partial charge in [0.15, 0.2) is 0 Å². The fourth-order valence-corrected chi connectivity index (χ4v) is 2.57. The molecule has 2 aromatic rings. The molecule has 0 unspecified atom stereocenters. The van der Waals surface area contributed by atoms with Gasteiger partial charge in [0.2, 0.25) is 5.91 Å². The molecule has 0 spiro atoms. The van der Waals surface area contributed by atoms with E-state index < -0.39 is 0 Å². The van der Waals surface area contributed by atoms with Gasteiger partial charge in [-0.25, -0.2) is 0 Å². The highest BCUT2D eigenvalue weighted by Gasteiger charge is 2.09. The molecule has 0 aromatic heterocycles. The van der Waals surface area contributed by atoms with Crippen LogP contribution in [-0.4, -0.2) is 18.4 Å². The molecule has 22 heavy (non-hydrogen) atoms. The van der Waals surface area contributed by atoms with E-state index in [1.165, 1.54) is 0 Å². The van der Waals surface area contributed by atoms with Crippen LogP contribution >= 0.6 is 31.9 Å². The van der Waals surface area contributed by atoms with Crippen LogP contribution in [-0.2, 0) is 4.79 Å². The number of nitrogens with one attached hydrogen (secondary N) is 2. The Hall–Kier alpha value is -1.66. The molecule has 4 nitrogen and oxygen atoms in total. The number of aryl methyl sites for hydroxylation is 1. The maximum Gasteiger partial charge on any atom is 0.251 e. The van der Waals surface area contributed by atoms with E-state index in [4.69, 9.17) is 0 Å². The average Bonchev–Trinajstić information content (AvgIpc) is 2.48. The second-order valence-electron chi connectivity index (χ2n) is 4.70. The summed E-state index contributed by atoms with van der Waals surface area (Å²) in [5.74, 6) is -0.550. The summed E-state index contributed by atoms with van der Waals surface area (Å²) < 4.78 is 1.85. The van der Waals surface area contributed by atoms with Crippen LogP contribution < -0.4 is 10.6 Å². The lowest BCUT2D eigenvalue weighted by molar-refractivity contribution is -0.115. The Morgan fingerprint density at radius 2 is 1.64 bits per heavy atom. The largest absolute Gasteiger partial charge is 0.343 e. The number of hydrogen-bond acceptors (Lipinski definition) is 2. The van der Waals surface area contributed by atoms with Crippen molar-refractivity contribution in [2.45, 2.75) is 6.92 Å². The number of anilines is 1. The third-order valence-electron chi connectivity index (χ3n) is 2.98. The first-order valence-electron chi connectivity index (χ1n) is 6.55. The Balaban J connectivity index is 1.89. The summed E-state index contributed by atoms with van der Waals surface area (Å²) in [5, 5.41) is 5.37. The minimum atomic E-state index is -0.282. The second kappa shape index (κ2) is 7.56. The van der Waals surface area contributed by atoms with Crippen molar-refractivity contribution < 1.29 is 9.59 Å². The molecule has 0 aliphatic heterocycles. The molecule has 114 valence electrons. The lowest BCUT2D eigenvalue weighted by atomic mass is 10.2. The van der Waals surface area contributed by atoms with Crippen molar-refractivity contribution in [2.24, 2.45) is 0 Å². The highest BCUT2D eigenvalue weighted by atomic mass is 79.9. The first-order chi connectivity index (χ1) is 10.5. The van der Waals surface area contributed by atoms with E-state index in [0.717, 1.165) is 20.2 Å². The zero-order chi connectivity index (χ0) is 16.1. The van der Waals surface area contributed by atoms with E-state index in [0.29, 0.717) is 5.56 Å². The van der Waals surface area contributed by atoms with Gasteiger partial charge in [-0.1, -0.05) is 31.9 Å².